The fourth-order valence-corrected chi connectivity index (χ4v) is 3.01. The molecule has 0 heterocycles. The van der Waals surface area contributed by atoms with Crippen LogP contribution in [-0.4, -0.2) is 56.4 Å². The van der Waals surface area contributed by atoms with Gasteiger partial charge in [0, 0.05) is 38.4 Å². The second kappa shape index (κ2) is 14.4. The number of hydrogen-bond donors (Lipinski definition) is 3. The largest absolute Gasteiger partial charge is 0.357 e. The Bertz CT molecular complexity index is 915. The molecule has 3 N–H and O–H groups in total. The molecule has 0 spiro atoms. The number of rotatable bonds is 9. The van der Waals surface area contributed by atoms with Crippen LogP contribution in [0, 0.1) is 0 Å². The van der Waals surface area contributed by atoms with Crippen LogP contribution in [0.25, 0.3) is 0 Å². The van der Waals surface area contributed by atoms with Gasteiger partial charge in [-0.05, 0) is 55.2 Å². The van der Waals surface area contributed by atoms with Gasteiger partial charge in [-0.2, -0.15) is 0 Å². The first kappa shape index (κ1) is 27.4. The zero-order chi connectivity index (χ0) is 22.6. The van der Waals surface area contributed by atoms with Crippen LogP contribution in [0.2, 0.25) is 0 Å². The van der Waals surface area contributed by atoms with Gasteiger partial charge in [-0.3, -0.25) is 9.59 Å². The highest BCUT2D eigenvalue weighted by molar-refractivity contribution is 14.0. The van der Waals surface area contributed by atoms with Gasteiger partial charge < -0.3 is 20.9 Å². The van der Waals surface area contributed by atoms with E-state index in [1.165, 1.54) is 5.56 Å². The standard InChI is InChI=1S/C24H33N5O2.HI/c1-5-18-9-8-12-21(16-18)28-22(30)17-27-24(25-6-2)26-14-13-19-10-7-11-20(15-19)23(31)29(3)4;/h7-12,15-16H,5-6,13-14,17H2,1-4H3,(H,28,30)(H2,25,26,27);1H. The molecule has 0 unspecified atom stereocenters. The maximum absolute atomic E-state index is 12.3. The van der Waals surface area contributed by atoms with Crippen molar-refractivity contribution in [2.45, 2.75) is 26.7 Å². The molecular formula is C24H34IN5O2. The first-order valence-electron chi connectivity index (χ1n) is 10.6. The number of benzene rings is 2. The Morgan fingerprint density at radius 1 is 0.969 bits per heavy atom. The second-order valence-electron chi connectivity index (χ2n) is 7.37. The summed E-state index contributed by atoms with van der Waals surface area (Å²) in [4.78, 5) is 30.3. The van der Waals surface area contributed by atoms with Crippen molar-refractivity contribution >= 4 is 47.4 Å². The Balaban J connectivity index is 0.00000512. The van der Waals surface area contributed by atoms with Gasteiger partial charge in [0.25, 0.3) is 5.91 Å². The van der Waals surface area contributed by atoms with E-state index >= 15 is 0 Å². The van der Waals surface area contributed by atoms with E-state index in [4.69, 9.17) is 0 Å². The number of amides is 2. The van der Waals surface area contributed by atoms with E-state index in [0.717, 1.165) is 24.1 Å². The predicted octanol–water partition coefficient (Wildman–Crippen LogP) is 3.31. The van der Waals surface area contributed by atoms with Gasteiger partial charge in [0.15, 0.2) is 5.96 Å². The number of carbonyl (C=O) groups excluding carboxylic acids is 2. The molecule has 7 nitrogen and oxygen atoms in total. The molecule has 2 aromatic carbocycles. The number of guanidine groups is 1. The number of aryl methyl sites for hydroxylation is 1. The van der Waals surface area contributed by atoms with E-state index in [1.54, 1.807) is 19.0 Å². The fourth-order valence-electron chi connectivity index (χ4n) is 3.01. The number of nitrogens with one attached hydrogen (secondary N) is 3. The minimum Gasteiger partial charge on any atom is -0.357 e. The van der Waals surface area contributed by atoms with Crippen molar-refractivity contribution in [1.29, 1.82) is 0 Å². The highest BCUT2D eigenvalue weighted by Gasteiger charge is 2.08. The van der Waals surface area contributed by atoms with Crippen LogP contribution in [0.5, 0.6) is 0 Å². The van der Waals surface area contributed by atoms with Crippen molar-refractivity contribution in [2.75, 3.05) is 39.0 Å². The first-order valence-corrected chi connectivity index (χ1v) is 10.6. The molecule has 8 heteroatoms. The van der Waals surface area contributed by atoms with Gasteiger partial charge in [0.05, 0.1) is 0 Å². The van der Waals surface area contributed by atoms with E-state index in [9.17, 15) is 9.59 Å². The van der Waals surface area contributed by atoms with Crippen LogP contribution in [0.1, 0.15) is 35.3 Å². The van der Waals surface area contributed by atoms with Gasteiger partial charge in [0.2, 0.25) is 5.91 Å². The predicted molar refractivity (Wildman–Crippen MR) is 142 cm³/mol. The molecule has 0 saturated carbocycles. The number of nitrogens with zero attached hydrogens (tertiary/aromatic N) is 2. The van der Waals surface area contributed by atoms with Crippen LogP contribution >= 0.6 is 24.0 Å². The summed E-state index contributed by atoms with van der Waals surface area (Å²) >= 11 is 0. The zero-order valence-corrected chi connectivity index (χ0v) is 21.6. The van der Waals surface area contributed by atoms with E-state index in [1.807, 2.05) is 55.5 Å². The second-order valence-corrected chi connectivity index (χ2v) is 7.37. The van der Waals surface area contributed by atoms with E-state index in [2.05, 4.69) is 27.9 Å². The monoisotopic (exact) mass is 551 g/mol. The third-order valence-electron chi connectivity index (χ3n) is 4.63. The summed E-state index contributed by atoms with van der Waals surface area (Å²) in [6, 6.07) is 15.4. The number of aliphatic imine (C=N–C) groups is 1. The average Bonchev–Trinajstić information content (AvgIpc) is 2.77. The number of anilines is 1. The minimum atomic E-state index is -0.166. The third kappa shape index (κ3) is 9.25. The van der Waals surface area contributed by atoms with Crippen molar-refractivity contribution in [2.24, 2.45) is 4.99 Å². The van der Waals surface area contributed by atoms with E-state index in [0.29, 0.717) is 24.6 Å². The molecule has 0 aliphatic heterocycles. The Morgan fingerprint density at radius 3 is 2.38 bits per heavy atom. The average molecular weight is 551 g/mol. The first-order chi connectivity index (χ1) is 14.9. The lowest BCUT2D eigenvalue weighted by atomic mass is 10.1. The van der Waals surface area contributed by atoms with Crippen LogP contribution < -0.4 is 16.0 Å². The Morgan fingerprint density at radius 2 is 1.69 bits per heavy atom. The molecule has 0 fully saturated rings. The normalized spacial score (nSPS) is 10.7. The van der Waals surface area contributed by atoms with Gasteiger partial charge in [0.1, 0.15) is 6.54 Å². The topological polar surface area (TPSA) is 85.8 Å². The summed E-state index contributed by atoms with van der Waals surface area (Å²) in [5.74, 6) is 0.404. The summed E-state index contributed by atoms with van der Waals surface area (Å²) in [6.45, 7) is 5.41. The van der Waals surface area contributed by atoms with Crippen molar-refractivity contribution in [3.63, 3.8) is 0 Å². The summed E-state index contributed by atoms with van der Waals surface area (Å²) in [6.07, 6.45) is 1.65. The van der Waals surface area contributed by atoms with Crippen molar-refractivity contribution in [3.8, 4) is 0 Å². The van der Waals surface area contributed by atoms with Crippen LogP contribution in [0.4, 0.5) is 5.69 Å². The molecule has 2 amide bonds. The van der Waals surface area contributed by atoms with E-state index in [-0.39, 0.29) is 42.3 Å². The molecule has 32 heavy (non-hydrogen) atoms. The SMILES string of the molecule is CCNC(=NCC(=O)Nc1cccc(CC)c1)NCCc1cccc(C(=O)N(C)C)c1.I. The number of hydrogen-bond acceptors (Lipinski definition) is 3. The maximum Gasteiger partial charge on any atom is 0.253 e. The summed E-state index contributed by atoms with van der Waals surface area (Å²) < 4.78 is 0. The molecule has 2 aromatic rings. The lowest BCUT2D eigenvalue weighted by molar-refractivity contribution is -0.114. The molecule has 0 atom stereocenters. The molecular weight excluding hydrogens is 517 g/mol. The highest BCUT2D eigenvalue weighted by Crippen LogP contribution is 2.11. The van der Waals surface area contributed by atoms with Gasteiger partial charge in [-0.1, -0.05) is 31.2 Å². The molecule has 0 aliphatic rings. The molecule has 0 radical (unpaired) electrons. The third-order valence-corrected chi connectivity index (χ3v) is 4.63. The Hall–Kier alpha value is -2.62. The smallest absolute Gasteiger partial charge is 0.253 e. The molecule has 174 valence electrons. The molecule has 0 bridgehead atoms. The minimum absolute atomic E-state index is 0. The van der Waals surface area contributed by atoms with Crippen LogP contribution in [0.15, 0.2) is 53.5 Å². The Kier molecular flexibility index (Phi) is 12.4. The van der Waals surface area contributed by atoms with Crippen molar-refractivity contribution in [1.82, 2.24) is 15.5 Å². The van der Waals surface area contributed by atoms with Gasteiger partial charge in [-0.15, -0.1) is 24.0 Å². The van der Waals surface area contributed by atoms with E-state index < -0.39 is 0 Å². The fraction of sp³-hybridized carbons (Fsp3) is 0.375. The van der Waals surface area contributed by atoms with Crippen molar-refractivity contribution < 1.29 is 9.59 Å². The van der Waals surface area contributed by atoms with Gasteiger partial charge in [-0.25, -0.2) is 4.99 Å². The molecule has 0 saturated heterocycles. The lowest BCUT2D eigenvalue weighted by Crippen LogP contribution is -2.39. The van der Waals surface area contributed by atoms with Gasteiger partial charge >= 0.3 is 0 Å². The maximum atomic E-state index is 12.3. The van der Waals surface area contributed by atoms with Crippen LogP contribution in [0.3, 0.4) is 0 Å². The highest BCUT2D eigenvalue weighted by atomic mass is 127. The lowest BCUT2D eigenvalue weighted by Gasteiger charge is -2.13. The molecule has 0 aliphatic carbocycles. The van der Waals surface area contributed by atoms with Crippen molar-refractivity contribution in [3.05, 3.63) is 65.2 Å². The summed E-state index contributed by atoms with van der Waals surface area (Å²) in [5.41, 5.74) is 3.69. The molecule has 2 rings (SSSR count). The zero-order valence-electron chi connectivity index (χ0n) is 19.3. The summed E-state index contributed by atoms with van der Waals surface area (Å²) in [5, 5.41) is 9.28. The number of halogens is 1. The number of carbonyl (C=O) groups is 2. The Labute approximate surface area is 208 Å². The summed E-state index contributed by atoms with van der Waals surface area (Å²) in [7, 11) is 3.48. The molecule has 0 aromatic heterocycles. The van der Waals surface area contributed by atoms with Crippen LogP contribution in [-0.2, 0) is 17.6 Å². The quantitative estimate of drug-likeness (QED) is 0.254.